The average Bonchev–Trinajstić information content (AvgIpc) is 2.86. The number of carbonyl (C=O) groups excluding carboxylic acids is 1. The number of likely N-dealkylation sites (tertiary alicyclic amines) is 1. The fourth-order valence-electron chi connectivity index (χ4n) is 4.05. The third kappa shape index (κ3) is 4.92. The molecule has 1 aromatic heterocycles. The smallest absolute Gasteiger partial charge is 0.219 e. The summed E-state index contributed by atoms with van der Waals surface area (Å²) in [5.74, 6) is 0.346. The van der Waals surface area contributed by atoms with Crippen LogP contribution in [0.4, 0.5) is 0 Å². The van der Waals surface area contributed by atoms with E-state index in [4.69, 9.17) is 4.98 Å². The van der Waals surface area contributed by atoms with Crippen LogP contribution in [0.1, 0.15) is 63.4 Å². The maximum atomic E-state index is 11.7. The maximum Gasteiger partial charge on any atom is 0.219 e. The number of nitrogens with zero attached hydrogens (tertiary/aromatic N) is 2. The van der Waals surface area contributed by atoms with Gasteiger partial charge in [0.05, 0.1) is 5.69 Å². The summed E-state index contributed by atoms with van der Waals surface area (Å²) in [6, 6.07) is 5.94. The van der Waals surface area contributed by atoms with Crippen LogP contribution in [0.2, 0.25) is 0 Å². The average molecular weight is 491 g/mol. The van der Waals surface area contributed by atoms with Crippen LogP contribution in [0.5, 0.6) is 5.75 Å². The first-order valence-corrected chi connectivity index (χ1v) is 11.4. The Morgan fingerprint density at radius 1 is 1.10 bits per heavy atom. The van der Waals surface area contributed by atoms with Crippen LogP contribution < -0.4 is 0 Å². The fraction of sp³-hybridized carbons (Fsp3) is 0.417. The van der Waals surface area contributed by atoms with Gasteiger partial charge >= 0.3 is 0 Å². The Morgan fingerprint density at radius 2 is 1.73 bits per heavy atom. The number of hydrogen-bond acceptors (Lipinski definition) is 4. The summed E-state index contributed by atoms with van der Waals surface area (Å²) >= 11 is 7.98. The summed E-state index contributed by atoms with van der Waals surface area (Å²) < 4.78 is 0.973. The normalized spacial score (nSPS) is 15.2. The molecule has 1 saturated heterocycles. The van der Waals surface area contributed by atoms with Gasteiger partial charge in [0.2, 0.25) is 5.91 Å². The van der Waals surface area contributed by atoms with Crippen LogP contribution in [0.3, 0.4) is 0 Å². The zero-order valence-corrected chi connectivity index (χ0v) is 19.6. The van der Waals surface area contributed by atoms with E-state index in [1.165, 1.54) is 11.1 Å². The standard InChI is InChI=1S/C21H21BrN2O2S.C2H6.CH4/c1-12(25)24-6-4-13(5-7-24)20-17-10-19(27)18(26)9-14(17)2-3-15-8-16(22)11-23-21(15)20;1-2;/h8-11,26-27H,2-7H2,1H3;1-2H3;1H4. The minimum atomic E-state index is 0. The van der Waals surface area contributed by atoms with Crippen molar-refractivity contribution in [3.8, 4) is 5.75 Å². The van der Waals surface area contributed by atoms with E-state index >= 15 is 0 Å². The molecule has 6 heteroatoms. The molecule has 0 saturated carbocycles. The van der Waals surface area contributed by atoms with Crippen LogP contribution >= 0.6 is 28.6 Å². The van der Waals surface area contributed by atoms with Crippen LogP contribution in [0.25, 0.3) is 5.57 Å². The molecule has 0 unspecified atom stereocenters. The Balaban J connectivity index is 0.00000104. The van der Waals surface area contributed by atoms with Crippen molar-refractivity contribution in [2.24, 2.45) is 0 Å². The first-order valence-electron chi connectivity index (χ1n) is 10.1. The summed E-state index contributed by atoms with van der Waals surface area (Å²) in [7, 11) is 0. The van der Waals surface area contributed by atoms with Crippen LogP contribution in [-0.2, 0) is 17.6 Å². The molecule has 1 amide bonds. The van der Waals surface area contributed by atoms with Gasteiger partial charge in [-0.05, 0) is 76.5 Å². The summed E-state index contributed by atoms with van der Waals surface area (Å²) in [5.41, 5.74) is 6.93. The van der Waals surface area contributed by atoms with Gasteiger partial charge in [-0.2, -0.15) is 0 Å². The molecule has 4 nitrogen and oxygen atoms in total. The van der Waals surface area contributed by atoms with E-state index in [0.717, 1.165) is 65.6 Å². The van der Waals surface area contributed by atoms with Crippen LogP contribution in [-0.4, -0.2) is 34.0 Å². The molecular formula is C24H31BrN2O2S. The van der Waals surface area contributed by atoms with Gasteiger partial charge in [-0.15, -0.1) is 12.6 Å². The number of phenols is 1. The molecule has 1 N–H and O–H groups in total. The summed E-state index contributed by atoms with van der Waals surface area (Å²) in [6.07, 6.45) is 5.24. The molecule has 1 aliphatic heterocycles. The van der Waals surface area contributed by atoms with Gasteiger partial charge in [0.15, 0.2) is 0 Å². The third-order valence-corrected chi connectivity index (χ3v) is 6.26. The van der Waals surface area contributed by atoms with Crippen molar-refractivity contribution >= 4 is 40.0 Å². The minimum absolute atomic E-state index is 0. The van der Waals surface area contributed by atoms with Crippen molar-refractivity contribution in [2.45, 2.75) is 58.8 Å². The van der Waals surface area contributed by atoms with E-state index in [2.05, 4.69) is 34.6 Å². The molecule has 1 fully saturated rings. The minimum Gasteiger partial charge on any atom is -0.507 e. The molecule has 4 rings (SSSR count). The van der Waals surface area contributed by atoms with E-state index in [-0.39, 0.29) is 19.1 Å². The van der Waals surface area contributed by atoms with E-state index in [1.54, 1.807) is 6.92 Å². The summed E-state index contributed by atoms with van der Waals surface area (Å²) in [5, 5.41) is 10.2. The fourth-order valence-corrected chi connectivity index (χ4v) is 4.63. The second kappa shape index (κ2) is 10.5. The predicted octanol–water partition coefficient (Wildman–Crippen LogP) is 6.04. The molecule has 2 heterocycles. The molecule has 0 spiro atoms. The van der Waals surface area contributed by atoms with Crippen LogP contribution in [0.15, 0.2) is 39.3 Å². The number of amides is 1. The lowest BCUT2D eigenvalue weighted by Crippen LogP contribution is -2.34. The van der Waals surface area contributed by atoms with Gasteiger partial charge in [0, 0.05) is 41.2 Å². The highest BCUT2D eigenvalue weighted by molar-refractivity contribution is 9.10. The highest BCUT2D eigenvalue weighted by Crippen LogP contribution is 2.41. The lowest BCUT2D eigenvalue weighted by molar-refractivity contribution is -0.129. The number of aryl methyl sites for hydroxylation is 2. The Morgan fingerprint density at radius 3 is 2.37 bits per heavy atom. The van der Waals surface area contributed by atoms with Gasteiger partial charge in [0.1, 0.15) is 5.75 Å². The molecule has 2 aromatic rings. The number of aromatic hydroxyl groups is 1. The molecule has 162 valence electrons. The number of thiol groups is 1. The number of fused-ring (bicyclic) bond motifs is 2. The van der Waals surface area contributed by atoms with Crippen molar-refractivity contribution in [2.75, 3.05) is 13.1 Å². The van der Waals surface area contributed by atoms with Crippen molar-refractivity contribution in [1.29, 1.82) is 0 Å². The van der Waals surface area contributed by atoms with Crippen LogP contribution in [0, 0.1) is 0 Å². The van der Waals surface area contributed by atoms with Gasteiger partial charge < -0.3 is 10.0 Å². The largest absolute Gasteiger partial charge is 0.507 e. The number of aromatic nitrogens is 1. The maximum absolute atomic E-state index is 11.7. The molecule has 0 radical (unpaired) electrons. The first-order chi connectivity index (χ1) is 13.9. The monoisotopic (exact) mass is 490 g/mol. The van der Waals surface area contributed by atoms with E-state index in [9.17, 15) is 9.90 Å². The Hall–Kier alpha value is -1.79. The summed E-state index contributed by atoms with van der Waals surface area (Å²) in [6.45, 7) is 7.10. The van der Waals surface area contributed by atoms with E-state index in [1.807, 2.05) is 37.1 Å². The van der Waals surface area contributed by atoms with Crippen molar-refractivity contribution < 1.29 is 9.90 Å². The number of rotatable bonds is 0. The molecule has 2 aliphatic rings. The first kappa shape index (κ1) is 24.5. The topological polar surface area (TPSA) is 53.4 Å². The number of phenolic OH excluding ortho intramolecular Hbond substituents is 1. The number of benzene rings is 1. The highest BCUT2D eigenvalue weighted by Gasteiger charge is 2.26. The SMILES string of the molecule is C.CC.CC(=O)N1CCC(=C2c3cc(S)c(O)cc3CCc3cc(Br)cnc32)CC1. The molecule has 1 aromatic carbocycles. The van der Waals surface area contributed by atoms with E-state index < -0.39 is 0 Å². The molecule has 0 bridgehead atoms. The number of piperidine rings is 1. The lowest BCUT2D eigenvalue weighted by atomic mass is 9.88. The van der Waals surface area contributed by atoms with Crippen molar-refractivity contribution in [1.82, 2.24) is 9.88 Å². The predicted molar refractivity (Wildman–Crippen MR) is 130 cm³/mol. The zero-order valence-electron chi connectivity index (χ0n) is 17.1. The number of pyridine rings is 1. The van der Waals surface area contributed by atoms with Crippen molar-refractivity contribution in [3.63, 3.8) is 0 Å². The number of halogens is 1. The Bertz CT molecular complexity index is 962. The van der Waals surface area contributed by atoms with Gasteiger partial charge in [-0.25, -0.2) is 0 Å². The van der Waals surface area contributed by atoms with Gasteiger partial charge in [0.25, 0.3) is 0 Å². The Kier molecular flexibility index (Phi) is 8.56. The summed E-state index contributed by atoms with van der Waals surface area (Å²) in [4.78, 5) is 19.0. The highest BCUT2D eigenvalue weighted by atomic mass is 79.9. The second-order valence-electron chi connectivity index (χ2n) is 7.14. The lowest BCUT2D eigenvalue weighted by Gasteiger charge is -2.29. The number of carbonyl (C=O) groups is 1. The molecule has 30 heavy (non-hydrogen) atoms. The third-order valence-electron chi connectivity index (χ3n) is 5.47. The van der Waals surface area contributed by atoms with Crippen molar-refractivity contribution in [3.05, 3.63) is 56.8 Å². The molecule has 1 aliphatic carbocycles. The van der Waals surface area contributed by atoms with E-state index in [0.29, 0.717) is 4.90 Å². The molecular weight excluding hydrogens is 460 g/mol. The van der Waals surface area contributed by atoms with Gasteiger partial charge in [-0.1, -0.05) is 26.8 Å². The van der Waals surface area contributed by atoms with Gasteiger partial charge in [-0.3, -0.25) is 9.78 Å². The quantitative estimate of drug-likeness (QED) is 0.442. The number of hydrogen-bond donors (Lipinski definition) is 2. The Labute approximate surface area is 194 Å². The zero-order chi connectivity index (χ0) is 21.1. The second-order valence-corrected chi connectivity index (χ2v) is 8.54. The molecule has 0 atom stereocenters.